The van der Waals surface area contributed by atoms with Gasteiger partial charge in [-0.25, -0.2) is 13.1 Å². The Morgan fingerprint density at radius 2 is 1.78 bits per heavy atom. The lowest BCUT2D eigenvalue weighted by molar-refractivity contribution is 0.0981. The largest absolute Gasteiger partial charge is 0.487 e. The Labute approximate surface area is 144 Å². The second kappa shape index (κ2) is 7.21. The number of sulfonamides is 1. The van der Waals surface area contributed by atoms with Crippen molar-refractivity contribution in [3.8, 4) is 5.75 Å². The molecule has 0 heterocycles. The summed E-state index contributed by atoms with van der Waals surface area (Å²) in [6.07, 6.45) is 0.918. The Morgan fingerprint density at radius 3 is 2.39 bits per heavy atom. The van der Waals surface area contributed by atoms with Crippen LogP contribution in [-0.2, 0) is 16.6 Å². The second-order valence-corrected chi connectivity index (χ2v) is 7.27. The van der Waals surface area contributed by atoms with E-state index >= 15 is 0 Å². The summed E-state index contributed by atoms with van der Waals surface area (Å²) in [6, 6.07) is 11.4. The fourth-order valence-electron chi connectivity index (χ4n) is 1.74. The predicted octanol–water partition coefficient (Wildman–Crippen LogP) is 3.26. The van der Waals surface area contributed by atoms with Crippen molar-refractivity contribution in [2.24, 2.45) is 0 Å². The van der Waals surface area contributed by atoms with Gasteiger partial charge in [-0.3, -0.25) is 4.79 Å². The summed E-state index contributed by atoms with van der Waals surface area (Å²) < 4.78 is 29.5. The molecular weight excluding hydrogens is 361 g/mol. The standard InChI is InChI=1S/C15H13Cl2NO4S/c1-23(20,21)18-15(19)11-7-5-10(6-8-11)9-22-13-4-2-3-12(16)14(13)17/h2-8H,9H2,1H3,(H,18,19). The van der Waals surface area contributed by atoms with Crippen LogP contribution in [0.2, 0.25) is 10.0 Å². The second-order valence-electron chi connectivity index (χ2n) is 4.74. The van der Waals surface area contributed by atoms with Crippen LogP contribution in [-0.4, -0.2) is 20.6 Å². The van der Waals surface area contributed by atoms with Gasteiger partial charge in [0, 0.05) is 5.56 Å². The first kappa shape index (κ1) is 17.6. The van der Waals surface area contributed by atoms with Gasteiger partial charge in [-0.15, -0.1) is 0 Å². The maximum atomic E-state index is 11.7. The zero-order valence-corrected chi connectivity index (χ0v) is 14.4. The van der Waals surface area contributed by atoms with Gasteiger partial charge in [0.25, 0.3) is 5.91 Å². The summed E-state index contributed by atoms with van der Waals surface area (Å²) >= 11 is 11.9. The normalized spacial score (nSPS) is 11.1. The van der Waals surface area contributed by atoms with Crippen molar-refractivity contribution in [2.75, 3.05) is 6.26 Å². The van der Waals surface area contributed by atoms with Gasteiger partial charge in [-0.1, -0.05) is 41.4 Å². The number of hydrogen-bond donors (Lipinski definition) is 1. The maximum absolute atomic E-state index is 11.7. The number of halogens is 2. The summed E-state index contributed by atoms with van der Waals surface area (Å²) in [6.45, 7) is 0.230. The smallest absolute Gasteiger partial charge is 0.264 e. The summed E-state index contributed by atoms with van der Waals surface area (Å²) in [5.74, 6) is -0.226. The molecule has 0 unspecified atom stereocenters. The van der Waals surface area contributed by atoms with Crippen LogP contribution in [0.5, 0.6) is 5.75 Å². The predicted molar refractivity (Wildman–Crippen MR) is 89.5 cm³/mol. The van der Waals surface area contributed by atoms with Crippen molar-refractivity contribution in [2.45, 2.75) is 6.61 Å². The van der Waals surface area contributed by atoms with E-state index in [0.29, 0.717) is 15.8 Å². The van der Waals surface area contributed by atoms with Gasteiger partial charge in [-0.05, 0) is 29.8 Å². The Kier molecular flexibility index (Phi) is 5.51. The van der Waals surface area contributed by atoms with E-state index in [1.54, 1.807) is 30.3 Å². The van der Waals surface area contributed by atoms with Crippen LogP contribution in [0.4, 0.5) is 0 Å². The Bertz CT molecular complexity index is 820. The summed E-state index contributed by atoms with van der Waals surface area (Å²) in [4.78, 5) is 11.7. The van der Waals surface area contributed by atoms with Crippen LogP contribution in [0.1, 0.15) is 15.9 Å². The summed E-state index contributed by atoms with van der Waals surface area (Å²) in [5, 5.41) is 0.732. The van der Waals surface area contributed by atoms with Gasteiger partial charge in [0.15, 0.2) is 0 Å². The Hall–Kier alpha value is -1.76. The van der Waals surface area contributed by atoms with E-state index in [1.807, 2.05) is 4.72 Å². The average molecular weight is 374 g/mol. The molecule has 122 valence electrons. The monoisotopic (exact) mass is 373 g/mol. The molecule has 0 radical (unpaired) electrons. The van der Waals surface area contributed by atoms with Crippen molar-refractivity contribution < 1.29 is 17.9 Å². The lowest BCUT2D eigenvalue weighted by Crippen LogP contribution is -2.29. The van der Waals surface area contributed by atoms with Gasteiger partial charge in [-0.2, -0.15) is 0 Å². The van der Waals surface area contributed by atoms with Crippen LogP contribution >= 0.6 is 23.2 Å². The molecule has 2 aromatic carbocycles. The van der Waals surface area contributed by atoms with Crippen molar-refractivity contribution in [3.05, 3.63) is 63.6 Å². The van der Waals surface area contributed by atoms with E-state index in [-0.39, 0.29) is 12.2 Å². The molecule has 0 saturated heterocycles. The maximum Gasteiger partial charge on any atom is 0.264 e. The number of benzene rings is 2. The molecule has 0 aliphatic carbocycles. The van der Waals surface area contributed by atoms with Crippen LogP contribution in [0.3, 0.4) is 0 Å². The van der Waals surface area contributed by atoms with Crippen LogP contribution in [0.25, 0.3) is 0 Å². The molecule has 8 heteroatoms. The van der Waals surface area contributed by atoms with E-state index in [9.17, 15) is 13.2 Å². The first-order valence-corrected chi connectivity index (χ1v) is 9.09. The molecule has 23 heavy (non-hydrogen) atoms. The highest BCUT2D eigenvalue weighted by Crippen LogP contribution is 2.31. The minimum Gasteiger partial charge on any atom is -0.487 e. The topological polar surface area (TPSA) is 72.5 Å². The van der Waals surface area contributed by atoms with Crippen molar-refractivity contribution >= 4 is 39.1 Å². The quantitative estimate of drug-likeness (QED) is 0.872. The van der Waals surface area contributed by atoms with Crippen LogP contribution in [0, 0.1) is 0 Å². The molecule has 0 aromatic heterocycles. The molecule has 0 fully saturated rings. The molecule has 2 aromatic rings. The molecule has 0 aliphatic rings. The number of rotatable bonds is 5. The summed E-state index contributed by atoms with van der Waals surface area (Å²) in [7, 11) is -3.59. The third-order valence-electron chi connectivity index (χ3n) is 2.80. The minimum atomic E-state index is -3.59. The molecular formula is C15H13Cl2NO4S. The number of amides is 1. The number of carbonyl (C=O) groups is 1. The Balaban J connectivity index is 2.03. The molecule has 1 N–H and O–H groups in total. The zero-order valence-electron chi connectivity index (χ0n) is 12.0. The van der Waals surface area contributed by atoms with Crippen molar-refractivity contribution in [1.82, 2.24) is 4.72 Å². The average Bonchev–Trinajstić information content (AvgIpc) is 2.47. The first-order valence-electron chi connectivity index (χ1n) is 6.44. The number of hydrogen-bond acceptors (Lipinski definition) is 4. The van der Waals surface area contributed by atoms with Gasteiger partial charge < -0.3 is 4.74 Å². The van der Waals surface area contributed by atoms with E-state index in [2.05, 4.69) is 0 Å². The number of nitrogens with one attached hydrogen (secondary N) is 1. The van der Waals surface area contributed by atoms with Crippen molar-refractivity contribution in [1.29, 1.82) is 0 Å². The van der Waals surface area contributed by atoms with E-state index in [0.717, 1.165) is 11.8 Å². The van der Waals surface area contributed by atoms with Crippen molar-refractivity contribution in [3.63, 3.8) is 0 Å². The number of ether oxygens (including phenoxy) is 1. The molecule has 2 rings (SSSR count). The van der Waals surface area contributed by atoms with Gasteiger partial charge in [0.2, 0.25) is 10.0 Å². The molecule has 0 saturated carbocycles. The van der Waals surface area contributed by atoms with E-state index < -0.39 is 15.9 Å². The van der Waals surface area contributed by atoms with E-state index in [4.69, 9.17) is 27.9 Å². The third-order valence-corrected chi connectivity index (χ3v) is 4.16. The highest BCUT2D eigenvalue weighted by Gasteiger charge is 2.11. The van der Waals surface area contributed by atoms with Crippen LogP contribution < -0.4 is 9.46 Å². The molecule has 0 atom stereocenters. The fraction of sp³-hybridized carbons (Fsp3) is 0.133. The number of carbonyl (C=O) groups excluding carboxylic acids is 1. The first-order chi connectivity index (χ1) is 10.8. The van der Waals surface area contributed by atoms with Gasteiger partial charge in [0.1, 0.15) is 17.4 Å². The molecule has 0 spiro atoms. The molecule has 0 bridgehead atoms. The van der Waals surface area contributed by atoms with Crippen LogP contribution in [0.15, 0.2) is 42.5 Å². The SMILES string of the molecule is CS(=O)(=O)NC(=O)c1ccc(COc2cccc(Cl)c2Cl)cc1. The highest BCUT2D eigenvalue weighted by atomic mass is 35.5. The summed E-state index contributed by atoms with van der Waals surface area (Å²) in [5.41, 5.74) is 1.02. The molecule has 1 amide bonds. The fourth-order valence-corrected chi connectivity index (χ4v) is 2.54. The van der Waals surface area contributed by atoms with Gasteiger partial charge in [0.05, 0.1) is 11.3 Å². The van der Waals surface area contributed by atoms with E-state index in [1.165, 1.54) is 12.1 Å². The minimum absolute atomic E-state index is 0.230. The van der Waals surface area contributed by atoms with Gasteiger partial charge >= 0.3 is 0 Å². The lowest BCUT2D eigenvalue weighted by Gasteiger charge is -2.09. The lowest BCUT2D eigenvalue weighted by atomic mass is 10.1. The highest BCUT2D eigenvalue weighted by molar-refractivity contribution is 7.89. The molecule has 5 nitrogen and oxygen atoms in total. The molecule has 0 aliphatic heterocycles. The Morgan fingerprint density at radius 1 is 1.13 bits per heavy atom. The zero-order chi connectivity index (χ0) is 17.0. The third kappa shape index (κ3) is 5.13.